The number of nitrogens with zero attached hydrogens (tertiary/aromatic N) is 1. The van der Waals surface area contributed by atoms with Gasteiger partial charge < -0.3 is 15.4 Å². The number of urea groups is 1. The number of nitrogens with two attached hydrogens (primary N) is 1. The fraction of sp³-hybridized carbons (Fsp3) is 0.727. The van der Waals surface area contributed by atoms with Gasteiger partial charge in [0.2, 0.25) is 5.91 Å². The number of rotatable bonds is 4. The van der Waals surface area contributed by atoms with Gasteiger partial charge in [-0.1, -0.05) is 0 Å². The Kier molecular flexibility index (Phi) is 5.57. The number of methoxy groups -OCH3 is 1. The van der Waals surface area contributed by atoms with Gasteiger partial charge in [0.1, 0.15) is 0 Å². The smallest absolute Gasteiger partial charge is 0.318 e. The highest BCUT2D eigenvalue weighted by Crippen LogP contribution is 2.18. The third-order valence-electron chi connectivity index (χ3n) is 3.04. The molecule has 1 aliphatic rings. The van der Waals surface area contributed by atoms with Gasteiger partial charge >= 0.3 is 12.0 Å². The first-order valence-corrected chi connectivity index (χ1v) is 5.92. The molecular formula is C11H19N3O4. The number of imide groups is 1. The van der Waals surface area contributed by atoms with Crippen LogP contribution in [0.1, 0.15) is 19.3 Å². The van der Waals surface area contributed by atoms with Crippen LogP contribution < -0.4 is 11.1 Å². The van der Waals surface area contributed by atoms with Crippen molar-refractivity contribution in [2.75, 3.05) is 26.7 Å². The van der Waals surface area contributed by atoms with Crippen molar-refractivity contribution in [1.82, 2.24) is 10.2 Å². The maximum Gasteiger partial charge on any atom is 0.318 e. The number of amides is 3. The average molecular weight is 257 g/mol. The molecule has 7 heteroatoms. The first-order chi connectivity index (χ1) is 8.52. The molecule has 18 heavy (non-hydrogen) atoms. The Labute approximate surface area is 106 Å². The molecule has 0 atom stereocenters. The summed E-state index contributed by atoms with van der Waals surface area (Å²) < 4.78 is 4.69. The van der Waals surface area contributed by atoms with Crippen LogP contribution in [0.3, 0.4) is 0 Å². The van der Waals surface area contributed by atoms with Gasteiger partial charge in [-0.25, -0.2) is 4.79 Å². The van der Waals surface area contributed by atoms with Crippen LogP contribution in [0.25, 0.3) is 0 Å². The molecule has 7 nitrogen and oxygen atoms in total. The van der Waals surface area contributed by atoms with Crippen molar-refractivity contribution >= 4 is 17.9 Å². The number of hydrogen-bond acceptors (Lipinski definition) is 5. The van der Waals surface area contributed by atoms with Crippen LogP contribution in [0.4, 0.5) is 4.79 Å². The van der Waals surface area contributed by atoms with E-state index in [4.69, 9.17) is 10.5 Å². The van der Waals surface area contributed by atoms with Crippen molar-refractivity contribution in [3.63, 3.8) is 0 Å². The zero-order chi connectivity index (χ0) is 13.5. The van der Waals surface area contributed by atoms with E-state index >= 15 is 0 Å². The number of esters is 1. The van der Waals surface area contributed by atoms with E-state index in [1.54, 1.807) is 0 Å². The SMILES string of the molecule is COC(=O)C1CCN(CCC(=O)NC(N)=O)CC1. The van der Waals surface area contributed by atoms with Crippen molar-refractivity contribution in [2.24, 2.45) is 11.7 Å². The summed E-state index contributed by atoms with van der Waals surface area (Å²) >= 11 is 0. The van der Waals surface area contributed by atoms with E-state index in [1.165, 1.54) is 7.11 Å². The van der Waals surface area contributed by atoms with Crippen LogP contribution in [-0.2, 0) is 14.3 Å². The molecule has 102 valence electrons. The highest BCUT2D eigenvalue weighted by molar-refractivity contribution is 5.93. The number of likely N-dealkylation sites (tertiary alicyclic amines) is 1. The molecule has 0 aromatic carbocycles. The van der Waals surface area contributed by atoms with Gasteiger partial charge in [0, 0.05) is 13.0 Å². The quantitative estimate of drug-likeness (QED) is 0.658. The molecule has 3 amide bonds. The first kappa shape index (κ1) is 14.4. The average Bonchev–Trinajstić information content (AvgIpc) is 2.35. The Morgan fingerprint density at radius 3 is 2.44 bits per heavy atom. The Morgan fingerprint density at radius 1 is 1.33 bits per heavy atom. The van der Waals surface area contributed by atoms with Crippen LogP contribution in [0.15, 0.2) is 0 Å². The molecule has 0 aromatic heterocycles. The molecule has 1 heterocycles. The van der Waals surface area contributed by atoms with E-state index in [9.17, 15) is 14.4 Å². The van der Waals surface area contributed by atoms with E-state index < -0.39 is 6.03 Å². The van der Waals surface area contributed by atoms with Crippen molar-refractivity contribution in [3.8, 4) is 0 Å². The molecule has 3 N–H and O–H groups in total. The summed E-state index contributed by atoms with van der Waals surface area (Å²) in [4.78, 5) is 35.0. The molecule has 0 unspecified atom stereocenters. The van der Waals surface area contributed by atoms with Gasteiger partial charge in [0.05, 0.1) is 13.0 Å². The second-order valence-electron chi connectivity index (χ2n) is 4.30. The van der Waals surface area contributed by atoms with Crippen molar-refractivity contribution in [2.45, 2.75) is 19.3 Å². The number of primary amides is 1. The lowest BCUT2D eigenvalue weighted by Crippen LogP contribution is -2.40. The summed E-state index contributed by atoms with van der Waals surface area (Å²) in [5, 5.41) is 2.02. The monoisotopic (exact) mass is 257 g/mol. The number of nitrogens with one attached hydrogen (secondary N) is 1. The zero-order valence-electron chi connectivity index (χ0n) is 10.5. The van der Waals surface area contributed by atoms with Crippen LogP contribution in [-0.4, -0.2) is 49.6 Å². The fourth-order valence-electron chi connectivity index (χ4n) is 2.02. The van der Waals surface area contributed by atoms with Gasteiger partial charge in [-0.15, -0.1) is 0 Å². The van der Waals surface area contributed by atoms with Gasteiger partial charge in [-0.3, -0.25) is 14.9 Å². The molecule has 1 fully saturated rings. The van der Waals surface area contributed by atoms with Crippen molar-refractivity contribution in [3.05, 3.63) is 0 Å². The first-order valence-electron chi connectivity index (χ1n) is 5.92. The van der Waals surface area contributed by atoms with E-state index in [2.05, 4.69) is 4.90 Å². The van der Waals surface area contributed by atoms with Crippen molar-refractivity contribution in [1.29, 1.82) is 0 Å². The Hall–Kier alpha value is -1.63. The number of carbonyl (C=O) groups is 3. The normalized spacial score (nSPS) is 17.2. The molecule has 0 bridgehead atoms. The summed E-state index contributed by atoms with van der Waals surface area (Å²) in [5.41, 5.74) is 4.83. The molecule has 0 radical (unpaired) electrons. The predicted octanol–water partition coefficient (Wildman–Crippen LogP) is -0.544. The number of ether oxygens (including phenoxy) is 1. The third-order valence-corrected chi connectivity index (χ3v) is 3.04. The fourth-order valence-corrected chi connectivity index (χ4v) is 2.02. The van der Waals surface area contributed by atoms with E-state index in [-0.39, 0.29) is 24.2 Å². The van der Waals surface area contributed by atoms with Crippen LogP contribution in [0.5, 0.6) is 0 Å². The van der Waals surface area contributed by atoms with E-state index in [0.717, 1.165) is 25.9 Å². The largest absolute Gasteiger partial charge is 0.469 e. The van der Waals surface area contributed by atoms with E-state index in [1.807, 2.05) is 5.32 Å². The maximum absolute atomic E-state index is 11.3. The molecule has 0 aliphatic carbocycles. The maximum atomic E-state index is 11.3. The Balaban J connectivity index is 2.21. The number of carbonyl (C=O) groups excluding carboxylic acids is 3. The van der Waals surface area contributed by atoms with Gasteiger partial charge in [-0.05, 0) is 25.9 Å². The molecule has 0 spiro atoms. The summed E-state index contributed by atoms with van der Waals surface area (Å²) in [6.07, 6.45) is 1.71. The standard InChI is InChI=1S/C11H19N3O4/c1-18-10(16)8-2-5-14(6-3-8)7-4-9(15)13-11(12)17/h8H,2-7H2,1H3,(H3,12,13,15,17). The predicted molar refractivity (Wildman–Crippen MR) is 63.5 cm³/mol. The highest BCUT2D eigenvalue weighted by atomic mass is 16.5. The molecule has 1 aliphatic heterocycles. The molecule has 0 saturated carbocycles. The minimum atomic E-state index is -0.829. The third kappa shape index (κ3) is 4.70. The van der Waals surface area contributed by atoms with E-state index in [0.29, 0.717) is 6.54 Å². The topological polar surface area (TPSA) is 102 Å². The van der Waals surface area contributed by atoms with Crippen LogP contribution in [0.2, 0.25) is 0 Å². The number of hydrogen-bond donors (Lipinski definition) is 2. The van der Waals surface area contributed by atoms with Gasteiger partial charge in [0.15, 0.2) is 0 Å². The lowest BCUT2D eigenvalue weighted by Gasteiger charge is -2.30. The van der Waals surface area contributed by atoms with Crippen molar-refractivity contribution < 1.29 is 19.1 Å². The Morgan fingerprint density at radius 2 is 1.94 bits per heavy atom. The minimum absolute atomic E-state index is 0.0364. The minimum Gasteiger partial charge on any atom is -0.469 e. The molecule has 0 aromatic rings. The zero-order valence-corrected chi connectivity index (χ0v) is 10.5. The summed E-state index contributed by atoms with van der Waals surface area (Å²) in [7, 11) is 1.39. The van der Waals surface area contributed by atoms with Gasteiger partial charge in [0.25, 0.3) is 0 Å². The summed E-state index contributed by atoms with van der Waals surface area (Å²) in [6, 6.07) is -0.829. The Bertz CT molecular complexity index is 324. The molecular weight excluding hydrogens is 238 g/mol. The van der Waals surface area contributed by atoms with Crippen LogP contribution in [0, 0.1) is 5.92 Å². The molecule has 1 saturated heterocycles. The van der Waals surface area contributed by atoms with Crippen LogP contribution >= 0.6 is 0 Å². The summed E-state index contributed by atoms with van der Waals surface area (Å²) in [5.74, 6) is -0.579. The highest BCUT2D eigenvalue weighted by Gasteiger charge is 2.25. The molecule has 1 rings (SSSR count). The lowest BCUT2D eigenvalue weighted by atomic mass is 9.97. The summed E-state index contributed by atoms with van der Waals surface area (Å²) in [6.45, 7) is 2.07. The lowest BCUT2D eigenvalue weighted by molar-refractivity contribution is -0.147. The second kappa shape index (κ2) is 6.95. The second-order valence-corrected chi connectivity index (χ2v) is 4.30. The number of piperidine rings is 1. The van der Waals surface area contributed by atoms with Gasteiger partial charge in [-0.2, -0.15) is 0 Å².